The van der Waals surface area contributed by atoms with E-state index in [2.05, 4.69) is 10.4 Å². The van der Waals surface area contributed by atoms with Crippen molar-refractivity contribution in [3.63, 3.8) is 0 Å². The number of hydrogen-bond acceptors (Lipinski definition) is 2. The topological polar surface area (TPSA) is 46.9 Å². The molecule has 1 fully saturated rings. The first-order valence-electron chi connectivity index (χ1n) is 8.60. The van der Waals surface area contributed by atoms with Crippen molar-refractivity contribution in [2.75, 3.05) is 5.32 Å². The third kappa shape index (κ3) is 3.92. The molecule has 140 valence electrons. The number of aromatic nitrogens is 2. The fourth-order valence-electron chi connectivity index (χ4n) is 2.79. The Balaban J connectivity index is 1.87. The zero-order chi connectivity index (χ0) is 19.1. The highest BCUT2D eigenvalue weighted by Crippen LogP contribution is 2.38. The Bertz CT molecular complexity index is 820. The van der Waals surface area contributed by atoms with Gasteiger partial charge in [0.15, 0.2) is 0 Å². The molecular formula is C19H22F3N3O. The van der Waals surface area contributed by atoms with Crippen LogP contribution in [0.4, 0.5) is 18.9 Å². The van der Waals surface area contributed by atoms with Gasteiger partial charge in [-0.05, 0) is 75.3 Å². The van der Waals surface area contributed by atoms with Gasteiger partial charge in [-0.15, -0.1) is 0 Å². The van der Waals surface area contributed by atoms with E-state index in [9.17, 15) is 18.0 Å². The van der Waals surface area contributed by atoms with Crippen LogP contribution in [0.15, 0.2) is 30.6 Å². The van der Waals surface area contributed by atoms with Gasteiger partial charge in [0.25, 0.3) is 5.91 Å². The number of aryl methyl sites for hydroxylation is 1. The highest BCUT2D eigenvalue weighted by Gasteiger charge is 2.34. The van der Waals surface area contributed by atoms with Gasteiger partial charge in [0.2, 0.25) is 0 Å². The summed E-state index contributed by atoms with van der Waals surface area (Å²) in [5.41, 5.74) is 0.242. The largest absolute Gasteiger partial charge is 0.416 e. The van der Waals surface area contributed by atoms with Crippen molar-refractivity contribution in [2.45, 2.75) is 51.7 Å². The molecule has 0 unspecified atom stereocenters. The Morgan fingerprint density at radius 2 is 2.00 bits per heavy atom. The van der Waals surface area contributed by atoms with Crippen LogP contribution in [0.2, 0.25) is 0 Å². The fourth-order valence-corrected chi connectivity index (χ4v) is 2.79. The number of nitrogens with zero attached hydrogens (tertiary/aromatic N) is 2. The van der Waals surface area contributed by atoms with Crippen molar-refractivity contribution in [3.05, 3.63) is 47.3 Å². The molecule has 26 heavy (non-hydrogen) atoms. The second-order valence-electron chi connectivity index (χ2n) is 7.49. The summed E-state index contributed by atoms with van der Waals surface area (Å²) in [6.07, 6.45) is 1.60. The molecule has 4 nitrogen and oxygen atoms in total. The highest BCUT2D eigenvalue weighted by atomic mass is 19.4. The lowest BCUT2D eigenvalue weighted by molar-refractivity contribution is -0.137. The molecule has 0 atom stereocenters. The van der Waals surface area contributed by atoms with Crippen LogP contribution in [0, 0.1) is 12.8 Å². The minimum absolute atomic E-state index is 0.322. The lowest BCUT2D eigenvalue weighted by Crippen LogP contribution is -2.40. The van der Waals surface area contributed by atoms with Crippen LogP contribution in [0.1, 0.15) is 43.4 Å². The molecule has 1 N–H and O–H groups in total. The highest BCUT2D eigenvalue weighted by molar-refractivity contribution is 5.96. The number of carbonyl (C=O) groups excluding carboxylic acids is 1. The second-order valence-corrected chi connectivity index (χ2v) is 7.49. The number of benzene rings is 1. The van der Waals surface area contributed by atoms with Crippen LogP contribution in [0.3, 0.4) is 0 Å². The van der Waals surface area contributed by atoms with Gasteiger partial charge in [-0.25, -0.2) is 0 Å². The fraction of sp³-hybridized carbons (Fsp3) is 0.474. The lowest BCUT2D eigenvalue weighted by Gasteiger charge is -2.25. The van der Waals surface area contributed by atoms with E-state index in [1.807, 2.05) is 6.92 Å². The molecular weight excluding hydrogens is 343 g/mol. The van der Waals surface area contributed by atoms with Crippen LogP contribution in [-0.4, -0.2) is 15.7 Å². The van der Waals surface area contributed by atoms with Gasteiger partial charge in [0.1, 0.15) is 5.54 Å². The summed E-state index contributed by atoms with van der Waals surface area (Å²) in [4.78, 5) is 12.8. The maximum atomic E-state index is 13.0. The first kappa shape index (κ1) is 18.5. The van der Waals surface area contributed by atoms with E-state index in [1.165, 1.54) is 6.07 Å². The quantitative estimate of drug-likeness (QED) is 0.846. The van der Waals surface area contributed by atoms with Crippen molar-refractivity contribution in [1.29, 1.82) is 0 Å². The van der Waals surface area contributed by atoms with Crippen molar-refractivity contribution in [1.82, 2.24) is 9.78 Å². The molecule has 1 aromatic heterocycles. The van der Waals surface area contributed by atoms with Gasteiger partial charge < -0.3 is 5.32 Å². The molecule has 1 aromatic carbocycles. The number of carbonyl (C=O) groups is 1. The summed E-state index contributed by atoms with van der Waals surface area (Å²) in [7, 11) is 0. The molecule has 1 heterocycles. The standard InChI is InChI=1S/C19H22F3N3O/c1-12-10-23-25(11-12)18(2,3)17(26)24-16-7-6-15(19(20,21)22)9-14(16)8-13-4-5-13/h6-7,9-11,13H,4-5,8H2,1-3H3,(H,24,26). The van der Waals surface area contributed by atoms with Gasteiger partial charge in [-0.2, -0.15) is 18.3 Å². The Kier molecular flexibility index (Phi) is 4.58. The van der Waals surface area contributed by atoms with Crippen molar-refractivity contribution in [3.8, 4) is 0 Å². The number of amides is 1. The Hall–Kier alpha value is -2.31. The molecule has 1 aliphatic carbocycles. The molecule has 1 amide bonds. The van der Waals surface area contributed by atoms with Crippen molar-refractivity contribution < 1.29 is 18.0 Å². The molecule has 2 aromatic rings. The third-order valence-corrected chi connectivity index (χ3v) is 4.73. The Morgan fingerprint density at radius 1 is 1.31 bits per heavy atom. The number of halogens is 3. The first-order chi connectivity index (χ1) is 12.1. The maximum absolute atomic E-state index is 13.0. The summed E-state index contributed by atoms with van der Waals surface area (Å²) in [5, 5.41) is 6.99. The van der Waals surface area contributed by atoms with Crippen molar-refractivity contribution in [2.24, 2.45) is 5.92 Å². The number of alkyl halides is 3. The van der Waals surface area contributed by atoms with Gasteiger partial charge in [0.05, 0.1) is 11.8 Å². The van der Waals surface area contributed by atoms with E-state index in [0.29, 0.717) is 23.6 Å². The Morgan fingerprint density at radius 3 is 2.54 bits per heavy atom. The van der Waals surface area contributed by atoms with Crippen molar-refractivity contribution >= 4 is 11.6 Å². The van der Waals surface area contributed by atoms with E-state index in [1.54, 1.807) is 30.9 Å². The number of hydrogen-bond donors (Lipinski definition) is 1. The van der Waals surface area contributed by atoms with Crippen LogP contribution in [-0.2, 0) is 22.9 Å². The van der Waals surface area contributed by atoms with E-state index in [4.69, 9.17) is 0 Å². The van der Waals surface area contributed by atoms with E-state index < -0.39 is 17.3 Å². The van der Waals surface area contributed by atoms with Crippen LogP contribution < -0.4 is 5.32 Å². The molecule has 0 saturated heterocycles. The molecule has 3 rings (SSSR count). The third-order valence-electron chi connectivity index (χ3n) is 4.73. The van der Waals surface area contributed by atoms with Gasteiger partial charge in [0, 0.05) is 11.9 Å². The zero-order valence-electron chi connectivity index (χ0n) is 15.0. The maximum Gasteiger partial charge on any atom is 0.416 e. The summed E-state index contributed by atoms with van der Waals surface area (Å²) in [5.74, 6) is 0.0771. The number of anilines is 1. The molecule has 1 aliphatic rings. The smallest absolute Gasteiger partial charge is 0.324 e. The Labute approximate surface area is 150 Å². The summed E-state index contributed by atoms with van der Waals surface area (Å²) in [6, 6.07) is 3.51. The van der Waals surface area contributed by atoms with E-state index in [-0.39, 0.29) is 5.91 Å². The molecule has 0 radical (unpaired) electrons. The number of nitrogens with one attached hydrogen (secondary N) is 1. The normalized spacial score (nSPS) is 15.2. The van der Waals surface area contributed by atoms with Crippen LogP contribution in [0.5, 0.6) is 0 Å². The van der Waals surface area contributed by atoms with Gasteiger partial charge in [-0.1, -0.05) is 0 Å². The molecule has 0 aliphatic heterocycles. The predicted octanol–water partition coefficient (Wildman–Crippen LogP) is 4.54. The lowest BCUT2D eigenvalue weighted by atomic mass is 10.0. The summed E-state index contributed by atoms with van der Waals surface area (Å²) >= 11 is 0. The molecule has 7 heteroatoms. The molecule has 0 bridgehead atoms. The monoisotopic (exact) mass is 365 g/mol. The van der Waals surface area contributed by atoms with E-state index in [0.717, 1.165) is 30.5 Å². The SMILES string of the molecule is Cc1cnn(C(C)(C)C(=O)Nc2ccc(C(F)(F)F)cc2CC2CC2)c1. The average molecular weight is 365 g/mol. The van der Waals surface area contributed by atoms with Crippen LogP contribution in [0.25, 0.3) is 0 Å². The van der Waals surface area contributed by atoms with Crippen LogP contribution >= 0.6 is 0 Å². The minimum Gasteiger partial charge on any atom is -0.324 e. The summed E-state index contributed by atoms with van der Waals surface area (Å²) in [6.45, 7) is 5.32. The van der Waals surface area contributed by atoms with Gasteiger partial charge in [-0.3, -0.25) is 9.48 Å². The molecule has 0 spiro atoms. The second kappa shape index (κ2) is 6.45. The van der Waals surface area contributed by atoms with Gasteiger partial charge >= 0.3 is 6.18 Å². The zero-order valence-corrected chi connectivity index (χ0v) is 15.0. The average Bonchev–Trinajstić information content (AvgIpc) is 3.25. The number of rotatable bonds is 5. The molecule has 1 saturated carbocycles. The summed E-state index contributed by atoms with van der Waals surface area (Å²) < 4.78 is 40.6. The minimum atomic E-state index is -4.40. The van der Waals surface area contributed by atoms with E-state index >= 15 is 0 Å². The predicted molar refractivity (Wildman–Crippen MR) is 92.8 cm³/mol. The first-order valence-corrected chi connectivity index (χ1v) is 8.60.